The molecule has 21 heavy (non-hydrogen) atoms. The second-order valence-electron chi connectivity index (χ2n) is 5.24. The molecule has 3 N–H and O–H groups in total. The predicted octanol–water partition coefficient (Wildman–Crippen LogP) is 0.578. The molecule has 118 valence electrons. The number of amides is 1. The molecule has 1 saturated heterocycles. The van der Waals surface area contributed by atoms with Crippen LogP contribution >= 0.6 is 11.3 Å². The third-order valence-electron chi connectivity index (χ3n) is 3.48. The molecule has 1 unspecified atom stereocenters. The van der Waals surface area contributed by atoms with E-state index in [1.165, 1.54) is 11.3 Å². The largest absolute Gasteiger partial charge is 0.375 e. The molecule has 7 nitrogen and oxygen atoms in total. The van der Waals surface area contributed by atoms with Gasteiger partial charge in [-0.3, -0.25) is 4.79 Å². The van der Waals surface area contributed by atoms with Crippen molar-refractivity contribution in [1.29, 1.82) is 0 Å². The quantitative estimate of drug-likeness (QED) is 0.839. The highest BCUT2D eigenvalue weighted by atomic mass is 32.2. The second-order valence-corrected chi connectivity index (χ2v) is 8.10. The predicted molar refractivity (Wildman–Crippen MR) is 82.8 cm³/mol. The number of hydrogen-bond donors (Lipinski definition) is 2. The molecule has 1 atom stereocenters. The van der Waals surface area contributed by atoms with E-state index >= 15 is 0 Å². The third kappa shape index (κ3) is 4.14. The van der Waals surface area contributed by atoms with E-state index in [4.69, 9.17) is 5.73 Å². The van der Waals surface area contributed by atoms with Crippen LogP contribution in [0.15, 0.2) is 0 Å². The van der Waals surface area contributed by atoms with Gasteiger partial charge in [0.2, 0.25) is 10.0 Å². The number of rotatable bonds is 4. The van der Waals surface area contributed by atoms with E-state index < -0.39 is 10.0 Å². The minimum atomic E-state index is -3.26. The summed E-state index contributed by atoms with van der Waals surface area (Å²) >= 11 is 1.18. The van der Waals surface area contributed by atoms with Crippen LogP contribution in [-0.2, 0) is 10.0 Å². The molecule has 1 amide bonds. The first-order valence-corrected chi connectivity index (χ1v) is 9.47. The van der Waals surface area contributed by atoms with E-state index in [9.17, 15) is 13.2 Å². The van der Waals surface area contributed by atoms with Gasteiger partial charge in [-0.15, -0.1) is 0 Å². The highest BCUT2D eigenvalue weighted by molar-refractivity contribution is 7.88. The zero-order chi connectivity index (χ0) is 15.6. The molecule has 9 heteroatoms. The fourth-order valence-corrected chi connectivity index (χ4v) is 3.76. The second kappa shape index (κ2) is 6.29. The molecule has 1 aromatic rings. The number of nitrogen functional groups attached to an aromatic ring is 1. The summed E-state index contributed by atoms with van der Waals surface area (Å²) in [7, 11) is -3.26. The van der Waals surface area contributed by atoms with Gasteiger partial charge in [-0.2, -0.15) is 0 Å². The Labute approximate surface area is 128 Å². The minimum Gasteiger partial charge on any atom is -0.375 e. The van der Waals surface area contributed by atoms with Crippen molar-refractivity contribution in [2.75, 3.05) is 25.1 Å². The zero-order valence-corrected chi connectivity index (χ0v) is 13.8. The summed E-state index contributed by atoms with van der Waals surface area (Å²) in [5.41, 5.74) is 6.27. The van der Waals surface area contributed by atoms with Crippen LogP contribution in [0.25, 0.3) is 0 Å². The average Bonchev–Trinajstić information content (AvgIpc) is 2.74. The number of nitrogens with zero attached hydrogens (tertiary/aromatic N) is 2. The number of thiazole rings is 1. The molecule has 0 saturated carbocycles. The molecule has 1 aliphatic heterocycles. The Kier molecular flexibility index (Phi) is 4.84. The van der Waals surface area contributed by atoms with Gasteiger partial charge in [0.15, 0.2) is 5.13 Å². The molecule has 0 aromatic carbocycles. The third-order valence-corrected chi connectivity index (χ3v) is 5.14. The van der Waals surface area contributed by atoms with Crippen molar-refractivity contribution in [2.45, 2.75) is 32.2 Å². The number of nitrogens with two attached hydrogens (primary N) is 1. The highest BCUT2D eigenvalue weighted by Crippen LogP contribution is 2.25. The number of nitrogens with one attached hydrogen (secondary N) is 1. The monoisotopic (exact) mass is 332 g/mol. The Bertz CT molecular complexity index is 626. The van der Waals surface area contributed by atoms with Crippen molar-refractivity contribution in [3.63, 3.8) is 0 Å². The summed E-state index contributed by atoms with van der Waals surface area (Å²) in [6, 6.07) is -0.122. The Hall–Kier alpha value is -1.19. The van der Waals surface area contributed by atoms with Gasteiger partial charge >= 0.3 is 0 Å². The minimum absolute atomic E-state index is 0.110. The van der Waals surface area contributed by atoms with Crippen molar-refractivity contribution >= 4 is 32.4 Å². The van der Waals surface area contributed by atoms with Gasteiger partial charge in [0.05, 0.1) is 11.9 Å². The molecule has 1 aliphatic rings. The van der Waals surface area contributed by atoms with Crippen LogP contribution < -0.4 is 10.5 Å². The van der Waals surface area contributed by atoms with Crippen LogP contribution in [0.3, 0.4) is 0 Å². The highest BCUT2D eigenvalue weighted by Gasteiger charge is 2.30. The fraction of sp³-hybridized carbons (Fsp3) is 0.667. The van der Waals surface area contributed by atoms with Gasteiger partial charge in [0.1, 0.15) is 4.88 Å². The summed E-state index contributed by atoms with van der Waals surface area (Å²) in [5.74, 6) is -0.110. The summed E-state index contributed by atoms with van der Waals surface area (Å²) in [5, 5.41) is 0.374. The number of carbonyl (C=O) groups excluding carboxylic acids is 1. The molecule has 0 aliphatic carbocycles. The number of likely N-dealkylation sites (tertiary alicyclic amines) is 1. The van der Waals surface area contributed by atoms with Crippen LogP contribution in [0, 0.1) is 6.92 Å². The van der Waals surface area contributed by atoms with Gasteiger partial charge in [0, 0.05) is 19.1 Å². The van der Waals surface area contributed by atoms with Crippen LogP contribution in [-0.4, -0.2) is 49.6 Å². The molecular weight excluding hydrogens is 312 g/mol. The Morgan fingerprint density at radius 3 is 2.81 bits per heavy atom. The summed E-state index contributed by atoms with van der Waals surface area (Å²) in [6.45, 7) is 2.64. The lowest BCUT2D eigenvalue weighted by atomic mass is 10.0. The molecule has 1 aromatic heterocycles. The summed E-state index contributed by atoms with van der Waals surface area (Å²) < 4.78 is 25.0. The van der Waals surface area contributed by atoms with E-state index in [0.717, 1.165) is 25.5 Å². The van der Waals surface area contributed by atoms with Crippen LogP contribution in [0.5, 0.6) is 0 Å². The first-order valence-electron chi connectivity index (χ1n) is 6.76. The van der Waals surface area contributed by atoms with Crippen molar-refractivity contribution in [1.82, 2.24) is 14.6 Å². The molecule has 0 bridgehead atoms. The van der Waals surface area contributed by atoms with Crippen molar-refractivity contribution in [3.05, 3.63) is 10.6 Å². The summed E-state index contributed by atoms with van der Waals surface area (Å²) in [6.07, 6.45) is 3.83. The maximum atomic E-state index is 12.6. The lowest BCUT2D eigenvalue weighted by Crippen LogP contribution is -2.49. The number of aromatic nitrogens is 1. The smallest absolute Gasteiger partial charge is 0.266 e. The first-order chi connectivity index (χ1) is 9.78. The molecule has 2 heterocycles. The molecular formula is C12H20N4O3S2. The number of aryl methyl sites for hydroxylation is 1. The molecule has 1 fully saturated rings. The van der Waals surface area contributed by atoms with Crippen molar-refractivity contribution in [2.24, 2.45) is 0 Å². The summed E-state index contributed by atoms with van der Waals surface area (Å²) in [4.78, 5) is 19.0. The van der Waals surface area contributed by atoms with E-state index in [-0.39, 0.29) is 18.5 Å². The van der Waals surface area contributed by atoms with Gasteiger partial charge < -0.3 is 10.6 Å². The zero-order valence-electron chi connectivity index (χ0n) is 12.1. The van der Waals surface area contributed by atoms with Gasteiger partial charge in [-0.25, -0.2) is 18.1 Å². The van der Waals surface area contributed by atoms with E-state index in [2.05, 4.69) is 9.71 Å². The van der Waals surface area contributed by atoms with Crippen molar-refractivity contribution in [3.8, 4) is 0 Å². The van der Waals surface area contributed by atoms with Crippen LogP contribution in [0.4, 0.5) is 5.13 Å². The van der Waals surface area contributed by atoms with Gasteiger partial charge in [-0.1, -0.05) is 11.3 Å². The average molecular weight is 332 g/mol. The van der Waals surface area contributed by atoms with E-state index in [0.29, 0.717) is 22.2 Å². The molecule has 0 spiro atoms. The molecule has 2 rings (SSSR count). The van der Waals surface area contributed by atoms with Gasteiger partial charge in [0.25, 0.3) is 5.91 Å². The standard InChI is InChI=1S/C12H20N4O3S2/c1-8-10(20-12(13)15-8)11(17)16-6-4-3-5-9(16)7-14-21(2,18)19/h9,14H,3-7H2,1-2H3,(H2,13,15). The van der Waals surface area contributed by atoms with E-state index in [1.807, 2.05) is 0 Å². The number of hydrogen-bond acceptors (Lipinski definition) is 6. The first kappa shape index (κ1) is 16.2. The lowest BCUT2D eigenvalue weighted by molar-refractivity contribution is 0.0623. The Balaban J connectivity index is 2.14. The number of piperidine rings is 1. The Morgan fingerprint density at radius 2 is 2.24 bits per heavy atom. The number of sulfonamides is 1. The SMILES string of the molecule is Cc1nc(N)sc1C(=O)N1CCCCC1CNS(C)(=O)=O. The number of carbonyl (C=O) groups is 1. The van der Waals surface area contributed by atoms with Crippen LogP contribution in [0.1, 0.15) is 34.6 Å². The topological polar surface area (TPSA) is 105 Å². The lowest BCUT2D eigenvalue weighted by Gasteiger charge is -2.35. The van der Waals surface area contributed by atoms with E-state index in [1.54, 1.807) is 11.8 Å². The van der Waals surface area contributed by atoms with Crippen molar-refractivity contribution < 1.29 is 13.2 Å². The maximum Gasteiger partial charge on any atom is 0.266 e. The number of anilines is 1. The Morgan fingerprint density at radius 1 is 1.52 bits per heavy atom. The normalized spacial score (nSPS) is 19.7. The van der Waals surface area contributed by atoms with Crippen LogP contribution in [0.2, 0.25) is 0 Å². The fourth-order valence-electron chi connectivity index (χ4n) is 2.47. The maximum absolute atomic E-state index is 12.6. The molecule has 0 radical (unpaired) electrons. The van der Waals surface area contributed by atoms with Gasteiger partial charge in [-0.05, 0) is 26.2 Å².